The van der Waals surface area contributed by atoms with Crippen molar-refractivity contribution >= 4 is 17.5 Å². The van der Waals surface area contributed by atoms with Crippen LogP contribution in [0.15, 0.2) is 54.6 Å². The van der Waals surface area contributed by atoms with Crippen LogP contribution in [0.5, 0.6) is 0 Å². The van der Waals surface area contributed by atoms with E-state index < -0.39 is 0 Å². The Bertz CT molecular complexity index is 838. The Morgan fingerprint density at radius 2 is 1.71 bits per heavy atom. The van der Waals surface area contributed by atoms with E-state index in [0.717, 1.165) is 64.2 Å². The minimum Gasteiger partial charge on any atom is -0.394 e. The quantitative estimate of drug-likeness (QED) is 0.746. The predicted molar refractivity (Wildman–Crippen MR) is 124 cm³/mol. The van der Waals surface area contributed by atoms with E-state index in [1.165, 1.54) is 5.56 Å². The lowest BCUT2D eigenvalue weighted by atomic mass is 9.95. The molecule has 2 atom stereocenters. The molecule has 0 spiro atoms. The standard InChI is InChI=1S/C25H32ClN3O2/c26-23-10-8-21(9-11-23)24(19-30)28-13-15-29(16-14-28)25(31)22-7-4-12-27(18-22)17-20-5-2-1-3-6-20/h1-3,5-6,8-11,22,24,30H,4,7,12-19H2. The number of carbonyl (C=O) groups excluding carboxylic acids is 1. The Morgan fingerprint density at radius 3 is 2.39 bits per heavy atom. The van der Waals surface area contributed by atoms with Gasteiger partial charge in [0, 0.05) is 44.3 Å². The molecule has 2 aliphatic rings. The maximum Gasteiger partial charge on any atom is 0.227 e. The summed E-state index contributed by atoms with van der Waals surface area (Å²) in [5.41, 5.74) is 2.37. The molecule has 4 rings (SSSR count). The minimum atomic E-state index is -0.0504. The Morgan fingerprint density at radius 1 is 1.00 bits per heavy atom. The van der Waals surface area contributed by atoms with Crippen LogP contribution < -0.4 is 0 Å². The summed E-state index contributed by atoms with van der Waals surface area (Å²) in [7, 11) is 0. The van der Waals surface area contributed by atoms with E-state index in [4.69, 9.17) is 11.6 Å². The zero-order valence-corrected chi connectivity index (χ0v) is 18.8. The maximum absolute atomic E-state index is 13.2. The van der Waals surface area contributed by atoms with Gasteiger partial charge < -0.3 is 10.0 Å². The summed E-state index contributed by atoms with van der Waals surface area (Å²) in [6, 6.07) is 18.1. The van der Waals surface area contributed by atoms with E-state index in [-0.39, 0.29) is 18.6 Å². The van der Waals surface area contributed by atoms with Crippen LogP contribution in [0.1, 0.15) is 30.0 Å². The van der Waals surface area contributed by atoms with Gasteiger partial charge >= 0.3 is 0 Å². The molecule has 1 N–H and O–H groups in total. The Balaban J connectivity index is 1.30. The van der Waals surface area contributed by atoms with Crippen molar-refractivity contribution < 1.29 is 9.90 Å². The van der Waals surface area contributed by atoms with Crippen LogP contribution in [0.2, 0.25) is 5.02 Å². The second kappa shape index (κ2) is 10.6. The molecule has 2 aromatic carbocycles. The molecule has 31 heavy (non-hydrogen) atoms. The number of hydrogen-bond donors (Lipinski definition) is 1. The Hall–Kier alpha value is -1.92. The van der Waals surface area contributed by atoms with Gasteiger partial charge in [0.2, 0.25) is 5.91 Å². The van der Waals surface area contributed by atoms with Gasteiger partial charge in [0.15, 0.2) is 0 Å². The number of likely N-dealkylation sites (tertiary alicyclic amines) is 1. The van der Waals surface area contributed by atoms with Gasteiger partial charge in [-0.2, -0.15) is 0 Å². The summed E-state index contributed by atoms with van der Waals surface area (Å²) in [5.74, 6) is 0.387. The Labute approximate surface area is 190 Å². The van der Waals surface area contributed by atoms with Gasteiger partial charge in [-0.1, -0.05) is 54.1 Å². The van der Waals surface area contributed by atoms with Crippen molar-refractivity contribution in [1.29, 1.82) is 0 Å². The summed E-state index contributed by atoms with van der Waals surface area (Å²) >= 11 is 6.00. The van der Waals surface area contributed by atoms with Crippen molar-refractivity contribution in [2.75, 3.05) is 45.9 Å². The second-order valence-corrected chi connectivity index (χ2v) is 9.11. The third-order valence-electron chi connectivity index (χ3n) is 6.60. The van der Waals surface area contributed by atoms with E-state index in [2.05, 4.69) is 34.1 Å². The lowest BCUT2D eigenvalue weighted by molar-refractivity contribution is -0.139. The van der Waals surface area contributed by atoms with Crippen LogP contribution in [0.25, 0.3) is 0 Å². The average molecular weight is 442 g/mol. The molecule has 0 saturated carbocycles. The first-order valence-electron chi connectivity index (χ1n) is 11.3. The topological polar surface area (TPSA) is 47.0 Å². The molecule has 6 heteroatoms. The van der Waals surface area contributed by atoms with Crippen LogP contribution in [0, 0.1) is 5.92 Å². The van der Waals surface area contributed by atoms with Crippen LogP contribution in [0.4, 0.5) is 0 Å². The van der Waals surface area contributed by atoms with Crippen LogP contribution in [-0.4, -0.2) is 71.6 Å². The molecular formula is C25H32ClN3O2. The highest BCUT2D eigenvalue weighted by atomic mass is 35.5. The fourth-order valence-corrected chi connectivity index (χ4v) is 5.00. The average Bonchev–Trinajstić information content (AvgIpc) is 2.82. The molecule has 5 nitrogen and oxygen atoms in total. The first-order valence-corrected chi connectivity index (χ1v) is 11.7. The summed E-state index contributed by atoms with van der Waals surface area (Å²) in [6.45, 7) is 5.88. The maximum atomic E-state index is 13.2. The smallest absolute Gasteiger partial charge is 0.227 e. The van der Waals surface area contributed by atoms with Crippen molar-refractivity contribution in [1.82, 2.24) is 14.7 Å². The number of nitrogens with zero attached hydrogens (tertiary/aromatic N) is 3. The summed E-state index contributed by atoms with van der Waals surface area (Å²) in [6.07, 6.45) is 2.06. The fourth-order valence-electron chi connectivity index (χ4n) is 4.87. The molecule has 0 bridgehead atoms. The molecule has 2 fully saturated rings. The van der Waals surface area contributed by atoms with Crippen LogP contribution in [-0.2, 0) is 11.3 Å². The number of piperidine rings is 1. The molecule has 0 aliphatic carbocycles. The van der Waals surface area contributed by atoms with Crippen LogP contribution >= 0.6 is 11.6 Å². The zero-order chi connectivity index (χ0) is 21.6. The second-order valence-electron chi connectivity index (χ2n) is 8.67. The highest BCUT2D eigenvalue weighted by Crippen LogP contribution is 2.25. The first-order chi connectivity index (χ1) is 15.1. The molecule has 1 amide bonds. The summed E-state index contributed by atoms with van der Waals surface area (Å²) in [5, 5.41) is 10.7. The minimum absolute atomic E-state index is 0.0504. The van der Waals surface area contributed by atoms with Gasteiger partial charge in [-0.05, 0) is 42.6 Å². The largest absolute Gasteiger partial charge is 0.394 e. The summed E-state index contributed by atoms with van der Waals surface area (Å²) in [4.78, 5) is 19.9. The van der Waals surface area contributed by atoms with Gasteiger partial charge in [-0.3, -0.25) is 14.6 Å². The molecule has 2 saturated heterocycles. The lowest BCUT2D eigenvalue weighted by Crippen LogP contribution is -2.53. The van der Waals surface area contributed by atoms with Crippen molar-refractivity contribution in [3.63, 3.8) is 0 Å². The number of hydrogen-bond acceptors (Lipinski definition) is 4. The van der Waals surface area contributed by atoms with E-state index >= 15 is 0 Å². The van der Waals surface area contributed by atoms with Gasteiger partial charge in [0.1, 0.15) is 0 Å². The van der Waals surface area contributed by atoms with Gasteiger partial charge in [0.25, 0.3) is 0 Å². The first kappa shape index (κ1) is 22.3. The number of amides is 1. The predicted octanol–water partition coefficient (Wildman–Crippen LogP) is 3.43. The molecule has 2 aliphatic heterocycles. The molecule has 2 aromatic rings. The van der Waals surface area contributed by atoms with E-state index in [1.807, 2.05) is 35.2 Å². The van der Waals surface area contributed by atoms with Crippen molar-refractivity contribution in [2.45, 2.75) is 25.4 Å². The monoisotopic (exact) mass is 441 g/mol. The molecule has 2 unspecified atom stereocenters. The zero-order valence-electron chi connectivity index (χ0n) is 18.0. The number of halogens is 1. The third-order valence-corrected chi connectivity index (χ3v) is 6.85. The van der Waals surface area contributed by atoms with Gasteiger partial charge in [-0.15, -0.1) is 0 Å². The normalized spacial score (nSPS) is 21.7. The number of aliphatic hydroxyl groups excluding tert-OH is 1. The van der Waals surface area contributed by atoms with Crippen molar-refractivity contribution in [3.05, 3.63) is 70.7 Å². The van der Waals surface area contributed by atoms with Crippen molar-refractivity contribution in [2.24, 2.45) is 5.92 Å². The SMILES string of the molecule is O=C(C1CCCN(Cc2ccccc2)C1)N1CCN(C(CO)c2ccc(Cl)cc2)CC1. The van der Waals surface area contributed by atoms with E-state index in [1.54, 1.807) is 0 Å². The molecule has 2 heterocycles. The molecule has 0 aromatic heterocycles. The number of aliphatic hydroxyl groups is 1. The highest BCUT2D eigenvalue weighted by molar-refractivity contribution is 6.30. The number of carbonyl (C=O) groups is 1. The highest BCUT2D eigenvalue weighted by Gasteiger charge is 2.32. The lowest BCUT2D eigenvalue weighted by Gasteiger charge is -2.41. The Kier molecular flexibility index (Phi) is 7.62. The third kappa shape index (κ3) is 5.66. The number of benzene rings is 2. The van der Waals surface area contributed by atoms with Gasteiger partial charge in [-0.25, -0.2) is 0 Å². The molecule has 0 radical (unpaired) electrons. The molecule has 166 valence electrons. The van der Waals surface area contributed by atoms with Gasteiger partial charge in [0.05, 0.1) is 18.6 Å². The fraction of sp³-hybridized carbons (Fsp3) is 0.480. The molecular weight excluding hydrogens is 410 g/mol. The van der Waals surface area contributed by atoms with Crippen molar-refractivity contribution in [3.8, 4) is 0 Å². The van der Waals surface area contributed by atoms with E-state index in [0.29, 0.717) is 10.9 Å². The van der Waals surface area contributed by atoms with Crippen LogP contribution in [0.3, 0.4) is 0 Å². The summed E-state index contributed by atoms with van der Waals surface area (Å²) < 4.78 is 0. The van der Waals surface area contributed by atoms with E-state index in [9.17, 15) is 9.90 Å². The number of rotatable bonds is 6. The number of piperazine rings is 1.